The van der Waals surface area contributed by atoms with E-state index in [4.69, 9.17) is 5.73 Å². The van der Waals surface area contributed by atoms with Gasteiger partial charge in [0.15, 0.2) is 0 Å². The maximum Gasteiger partial charge on any atom is 0.254 e. The van der Waals surface area contributed by atoms with Crippen LogP contribution in [-0.2, 0) is 6.54 Å². The van der Waals surface area contributed by atoms with Crippen molar-refractivity contribution in [2.75, 3.05) is 13.7 Å². The molecule has 0 saturated heterocycles. The third kappa shape index (κ3) is 3.05. The maximum absolute atomic E-state index is 12.1. The van der Waals surface area contributed by atoms with Crippen molar-refractivity contribution in [2.45, 2.75) is 25.9 Å². The van der Waals surface area contributed by atoms with E-state index >= 15 is 0 Å². The quantitative estimate of drug-likeness (QED) is 0.819. The summed E-state index contributed by atoms with van der Waals surface area (Å²) in [6.45, 7) is 4.03. The van der Waals surface area contributed by atoms with Crippen LogP contribution in [0.25, 0.3) is 0 Å². The van der Waals surface area contributed by atoms with Crippen LogP contribution in [0.2, 0.25) is 0 Å². The van der Waals surface area contributed by atoms with Gasteiger partial charge in [-0.1, -0.05) is 12.1 Å². The molecule has 0 aliphatic heterocycles. The molecular formula is C13H20N2O2. The van der Waals surface area contributed by atoms with Gasteiger partial charge in [0.25, 0.3) is 5.91 Å². The van der Waals surface area contributed by atoms with Crippen molar-refractivity contribution >= 4 is 5.91 Å². The summed E-state index contributed by atoms with van der Waals surface area (Å²) in [5.74, 6) is -0.104. The van der Waals surface area contributed by atoms with Gasteiger partial charge in [-0.05, 0) is 31.5 Å². The van der Waals surface area contributed by atoms with Crippen molar-refractivity contribution in [3.05, 3.63) is 35.4 Å². The zero-order valence-electron chi connectivity index (χ0n) is 10.6. The van der Waals surface area contributed by atoms with Crippen LogP contribution in [0.4, 0.5) is 0 Å². The fraction of sp³-hybridized carbons (Fsp3) is 0.462. The molecule has 0 aliphatic rings. The van der Waals surface area contributed by atoms with E-state index in [9.17, 15) is 9.90 Å². The molecule has 0 radical (unpaired) electrons. The molecule has 0 fully saturated rings. The molecule has 94 valence electrons. The zero-order chi connectivity index (χ0) is 13.1. The van der Waals surface area contributed by atoms with Crippen LogP contribution in [0.15, 0.2) is 24.3 Å². The predicted octanol–water partition coefficient (Wildman–Crippen LogP) is 0.988. The first kappa shape index (κ1) is 13.7. The number of aliphatic hydroxyl groups excluding tert-OH is 1. The minimum absolute atomic E-state index is 0.0733. The van der Waals surface area contributed by atoms with Crippen LogP contribution in [0.1, 0.15) is 29.8 Å². The van der Waals surface area contributed by atoms with Gasteiger partial charge in [0.2, 0.25) is 0 Å². The second-order valence-corrected chi connectivity index (χ2v) is 4.74. The first-order valence-corrected chi connectivity index (χ1v) is 5.60. The highest BCUT2D eigenvalue weighted by Gasteiger charge is 2.27. The van der Waals surface area contributed by atoms with Crippen LogP contribution in [-0.4, -0.2) is 35.1 Å². The Hall–Kier alpha value is -1.39. The van der Waals surface area contributed by atoms with Crippen molar-refractivity contribution in [2.24, 2.45) is 5.73 Å². The van der Waals surface area contributed by atoms with Crippen LogP contribution in [0, 0.1) is 0 Å². The molecule has 1 amide bonds. The SMILES string of the molecule is CN(C(=O)c1ccc(CN)cc1)C(C)(C)CO. The van der Waals surface area contributed by atoms with Gasteiger partial charge in [-0.2, -0.15) is 0 Å². The van der Waals surface area contributed by atoms with Crippen LogP contribution in [0.3, 0.4) is 0 Å². The topological polar surface area (TPSA) is 66.6 Å². The number of nitrogens with two attached hydrogens (primary N) is 1. The second-order valence-electron chi connectivity index (χ2n) is 4.74. The van der Waals surface area contributed by atoms with E-state index in [-0.39, 0.29) is 12.5 Å². The molecule has 1 aromatic rings. The summed E-state index contributed by atoms with van der Waals surface area (Å²) in [4.78, 5) is 13.7. The normalized spacial score (nSPS) is 11.4. The lowest BCUT2D eigenvalue weighted by Gasteiger charge is -2.34. The Morgan fingerprint density at radius 2 is 1.88 bits per heavy atom. The largest absolute Gasteiger partial charge is 0.394 e. The fourth-order valence-corrected chi connectivity index (χ4v) is 1.36. The molecular weight excluding hydrogens is 216 g/mol. The molecule has 0 saturated carbocycles. The standard InChI is InChI=1S/C13H20N2O2/c1-13(2,9-16)15(3)12(17)11-6-4-10(8-14)5-7-11/h4-7,16H,8-9,14H2,1-3H3. The van der Waals surface area contributed by atoms with Crippen molar-refractivity contribution < 1.29 is 9.90 Å². The number of amides is 1. The van der Waals surface area contributed by atoms with Crippen molar-refractivity contribution in [1.82, 2.24) is 4.90 Å². The lowest BCUT2D eigenvalue weighted by atomic mass is 10.0. The lowest BCUT2D eigenvalue weighted by Crippen LogP contribution is -2.47. The molecule has 4 heteroatoms. The summed E-state index contributed by atoms with van der Waals surface area (Å²) in [6, 6.07) is 7.20. The molecule has 0 heterocycles. The third-order valence-electron chi connectivity index (χ3n) is 3.04. The number of aliphatic hydroxyl groups is 1. The van der Waals surface area contributed by atoms with E-state index in [0.717, 1.165) is 5.56 Å². The highest BCUT2D eigenvalue weighted by Crippen LogP contribution is 2.15. The number of likely N-dealkylation sites (N-methyl/N-ethyl adjacent to an activating group) is 1. The average Bonchev–Trinajstić information content (AvgIpc) is 2.37. The summed E-state index contributed by atoms with van der Waals surface area (Å²) < 4.78 is 0. The van der Waals surface area contributed by atoms with Gasteiger partial charge in [0, 0.05) is 19.2 Å². The van der Waals surface area contributed by atoms with Crippen molar-refractivity contribution in [1.29, 1.82) is 0 Å². The van der Waals surface area contributed by atoms with Crippen molar-refractivity contribution in [3.63, 3.8) is 0 Å². The highest BCUT2D eigenvalue weighted by molar-refractivity contribution is 5.94. The van der Waals surface area contributed by atoms with Crippen LogP contribution >= 0.6 is 0 Å². The molecule has 3 N–H and O–H groups in total. The van der Waals surface area contributed by atoms with Gasteiger partial charge in [-0.3, -0.25) is 4.79 Å². The van der Waals surface area contributed by atoms with Crippen LogP contribution in [0.5, 0.6) is 0 Å². The highest BCUT2D eigenvalue weighted by atomic mass is 16.3. The van der Waals surface area contributed by atoms with Crippen molar-refractivity contribution in [3.8, 4) is 0 Å². The number of carbonyl (C=O) groups excluding carboxylic acids is 1. The molecule has 0 unspecified atom stereocenters. The molecule has 1 aromatic carbocycles. The maximum atomic E-state index is 12.1. The monoisotopic (exact) mass is 236 g/mol. The van der Waals surface area contributed by atoms with E-state index in [2.05, 4.69) is 0 Å². The molecule has 0 aromatic heterocycles. The summed E-state index contributed by atoms with van der Waals surface area (Å²) in [5.41, 5.74) is 6.53. The number of carbonyl (C=O) groups is 1. The predicted molar refractivity (Wildman–Crippen MR) is 67.6 cm³/mol. The minimum atomic E-state index is -0.566. The molecule has 17 heavy (non-hydrogen) atoms. The van der Waals surface area contributed by atoms with E-state index < -0.39 is 5.54 Å². The van der Waals surface area contributed by atoms with Gasteiger partial charge in [-0.25, -0.2) is 0 Å². The van der Waals surface area contributed by atoms with E-state index in [1.54, 1.807) is 24.1 Å². The smallest absolute Gasteiger partial charge is 0.254 e. The molecule has 0 atom stereocenters. The molecule has 0 spiro atoms. The second kappa shape index (κ2) is 5.29. The minimum Gasteiger partial charge on any atom is -0.394 e. The van der Waals surface area contributed by atoms with E-state index in [1.165, 1.54) is 0 Å². The van der Waals surface area contributed by atoms with E-state index in [0.29, 0.717) is 12.1 Å². The summed E-state index contributed by atoms with van der Waals surface area (Å²) >= 11 is 0. The van der Waals surface area contributed by atoms with Gasteiger partial charge in [-0.15, -0.1) is 0 Å². The Morgan fingerprint density at radius 1 is 1.35 bits per heavy atom. The molecule has 1 rings (SSSR count). The number of hydrogen-bond donors (Lipinski definition) is 2. The van der Waals surface area contributed by atoms with Gasteiger partial charge >= 0.3 is 0 Å². The number of nitrogens with zero attached hydrogens (tertiary/aromatic N) is 1. The van der Waals surface area contributed by atoms with Gasteiger partial charge in [0.1, 0.15) is 0 Å². The summed E-state index contributed by atoms with van der Waals surface area (Å²) in [7, 11) is 1.69. The van der Waals surface area contributed by atoms with E-state index in [1.807, 2.05) is 26.0 Å². The fourth-order valence-electron chi connectivity index (χ4n) is 1.36. The van der Waals surface area contributed by atoms with Gasteiger partial charge < -0.3 is 15.7 Å². The Kier molecular flexibility index (Phi) is 4.26. The number of rotatable bonds is 4. The Morgan fingerprint density at radius 3 is 2.29 bits per heavy atom. The number of hydrogen-bond acceptors (Lipinski definition) is 3. The summed E-state index contributed by atoms with van der Waals surface area (Å²) in [6.07, 6.45) is 0. The first-order valence-electron chi connectivity index (χ1n) is 5.60. The molecule has 0 bridgehead atoms. The summed E-state index contributed by atoms with van der Waals surface area (Å²) in [5, 5.41) is 9.23. The number of benzene rings is 1. The molecule has 4 nitrogen and oxygen atoms in total. The lowest BCUT2D eigenvalue weighted by molar-refractivity contribution is 0.0473. The Labute approximate surface area is 102 Å². The Bertz CT molecular complexity index is 385. The Balaban J connectivity index is 2.89. The van der Waals surface area contributed by atoms with Gasteiger partial charge in [0.05, 0.1) is 12.1 Å². The average molecular weight is 236 g/mol. The zero-order valence-corrected chi connectivity index (χ0v) is 10.6. The third-order valence-corrected chi connectivity index (χ3v) is 3.04. The first-order chi connectivity index (χ1) is 7.92. The van der Waals surface area contributed by atoms with Crippen LogP contribution < -0.4 is 5.73 Å². The molecule has 0 aliphatic carbocycles.